The molecule has 0 aliphatic heterocycles. The maximum absolute atomic E-state index is 10.2. The molecule has 0 aliphatic carbocycles. The minimum atomic E-state index is -0.859. The van der Waals surface area contributed by atoms with Crippen LogP contribution in [0.25, 0.3) is 105 Å². The van der Waals surface area contributed by atoms with Crippen molar-refractivity contribution in [1.82, 2.24) is 13.7 Å². The second-order valence-corrected chi connectivity index (χ2v) is 13.3. The molecule has 0 bridgehead atoms. The van der Waals surface area contributed by atoms with Crippen molar-refractivity contribution in [3.05, 3.63) is 212 Å². The lowest BCUT2D eigenvalue weighted by Gasteiger charge is -2.14. The lowest BCUT2D eigenvalue weighted by molar-refractivity contribution is 1.13. The summed E-state index contributed by atoms with van der Waals surface area (Å²) < 4.78 is 199. The van der Waals surface area contributed by atoms with Gasteiger partial charge in [-0.3, -0.25) is 0 Å². The molecule has 0 aliphatic rings. The van der Waals surface area contributed by atoms with Crippen LogP contribution in [0.3, 0.4) is 0 Å². The molecule has 3 heteroatoms. The fourth-order valence-electron chi connectivity index (χ4n) is 7.87. The summed E-state index contributed by atoms with van der Waals surface area (Å²) in [6.07, 6.45) is 0. The molecule has 3 nitrogen and oxygen atoms in total. The highest BCUT2D eigenvalue weighted by Crippen LogP contribution is 2.43. The molecule has 266 valence electrons. The first kappa shape index (κ1) is 17.5. The number of hydrogen-bond acceptors (Lipinski definition) is 0. The highest BCUT2D eigenvalue weighted by Gasteiger charge is 2.21. The Morgan fingerprint density at radius 1 is 0.333 bits per heavy atom. The highest BCUT2D eigenvalue weighted by atomic mass is 15.1. The lowest BCUT2D eigenvalue weighted by Crippen LogP contribution is -2.00. The molecule has 12 rings (SSSR count). The van der Waals surface area contributed by atoms with E-state index in [0.717, 1.165) is 15.7 Å². The Hall–Kier alpha value is -7.62. The van der Waals surface area contributed by atoms with Crippen LogP contribution in [-0.2, 0) is 0 Å². The first-order valence-electron chi connectivity index (χ1n) is 28.4. The first-order valence-corrected chi connectivity index (χ1v) is 17.9. The minimum absolute atomic E-state index is 0.175. The Kier molecular flexibility index (Phi) is 3.81. The standard InChI is InChI=1S/C54H35N3/c1-3-15-36(16-4-1)37-29-32-40(33-30-37)55-49-26-12-9-21-45(49)53-41(22-13-27-51(53)55)38-31-34-50-46(35-38)43-20-8-11-25-48(43)57(50)52-28-14-23-44-42-19-7-10-24-47(42)56(54(44)52)39-17-5-2-6-18-39/h1-35H/i7D,8D,9D,10D,11D,12D,13D,14D,19D,20D,21D,22D,23D,24D,25D,26D,27D,28D,31D,34D,35D. The molecule has 0 saturated carbocycles. The number of para-hydroxylation sites is 5. The van der Waals surface area contributed by atoms with E-state index < -0.39 is 166 Å². The van der Waals surface area contributed by atoms with Gasteiger partial charge >= 0.3 is 0 Å². The molecule has 0 saturated heterocycles. The molecular weight excluding hydrogens is 691 g/mol. The van der Waals surface area contributed by atoms with Crippen molar-refractivity contribution in [3.63, 3.8) is 0 Å². The van der Waals surface area contributed by atoms with E-state index in [9.17, 15) is 19.2 Å². The van der Waals surface area contributed by atoms with E-state index in [1.54, 1.807) is 54.6 Å². The lowest BCUT2D eigenvalue weighted by atomic mass is 9.98. The molecule has 0 N–H and O–H groups in total. The van der Waals surface area contributed by atoms with Crippen LogP contribution in [0, 0.1) is 0 Å². The number of aromatic nitrogens is 3. The molecule has 0 spiro atoms. The largest absolute Gasteiger partial charge is 0.309 e. The second kappa shape index (κ2) is 12.5. The van der Waals surface area contributed by atoms with Gasteiger partial charge in [0.2, 0.25) is 0 Å². The topological polar surface area (TPSA) is 14.8 Å². The molecule has 3 heterocycles. The van der Waals surface area contributed by atoms with E-state index in [0.29, 0.717) is 0 Å². The number of hydrogen-bond donors (Lipinski definition) is 0. The Labute approximate surface area is 359 Å². The van der Waals surface area contributed by atoms with E-state index in [2.05, 4.69) is 0 Å². The summed E-state index contributed by atoms with van der Waals surface area (Å²) in [5.74, 6) is 0. The molecule has 0 fully saturated rings. The Morgan fingerprint density at radius 2 is 0.877 bits per heavy atom. The van der Waals surface area contributed by atoms with Crippen LogP contribution in [0.5, 0.6) is 0 Å². The molecule has 9 aromatic carbocycles. The van der Waals surface area contributed by atoms with E-state index >= 15 is 0 Å². The fraction of sp³-hybridized carbons (Fsp3) is 0. The minimum Gasteiger partial charge on any atom is -0.309 e. The summed E-state index contributed by atoms with van der Waals surface area (Å²) in [6.45, 7) is 0. The average molecular weight is 747 g/mol. The monoisotopic (exact) mass is 746 g/mol. The summed E-state index contributed by atoms with van der Waals surface area (Å²) in [7, 11) is 0. The van der Waals surface area contributed by atoms with Crippen LogP contribution in [0.4, 0.5) is 0 Å². The maximum atomic E-state index is 10.2. The average Bonchev–Trinajstić information content (AvgIpc) is 4.19. The van der Waals surface area contributed by atoms with Gasteiger partial charge in [-0.25, -0.2) is 0 Å². The van der Waals surface area contributed by atoms with Gasteiger partial charge in [-0.05, 0) is 88.8 Å². The molecule has 3 aromatic heterocycles. The van der Waals surface area contributed by atoms with Crippen LogP contribution in [0.15, 0.2) is 212 Å². The maximum Gasteiger partial charge on any atom is 0.0782 e. The van der Waals surface area contributed by atoms with Crippen molar-refractivity contribution in [1.29, 1.82) is 0 Å². The fourth-order valence-corrected chi connectivity index (χ4v) is 7.87. The molecular formula is C54H35N3. The third kappa shape index (κ3) is 4.73. The first-order chi connectivity index (χ1) is 37.1. The normalized spacial score (nSPS) is 17.0. The van der Waals surface area contributed by atoms with Crippen molar-refractivity contribution in [2.75, 3.05) is 0 Å². The smallest absolute Gasteiger partial charge is 0.0782 e. The zero-order chi connectivity index (χ0) is 55.7. The molecule has 0 atom stereocenters. The van der Waals surface area contributed by atoms with Crippen molar-refractivity contribution >= 4 is 65.4 Å². The molecule has 12 aromatic rings. The van der Waals surface area contributed by atoms with Crippen molar-refractivity contribution in [2.24, 2.45) is 0 Å². The third-order valence-electron chi connectivity index (χ3n) is 10.3. The predicted octanol–water partition coefficient (Wildman–Crippen LogP) is 14.3. The summed E-state index contributed by atoms with van der Waals surface area (Å²) in [6, 6.07) is 9.28. The summed E-state index contributed by atoms with van der Waals surface area (Å²) in [5.41, 5.74) is -1.15. The van der Waals surface area contributed by atoms with Gasteiger partial charge in [-0.2, -0.15) is 0 Å². The van der Waals surface area contributed by atoms with Crippen molar-refractivity contribution in [3.8, 4) is 39.3 Å². The highest BCUT2D eigenvalue weighted by molar-refractivity contribution is 6.18. The van der Waals surface area contributed by atoms with Crippen LogP contribution in [-0.4, -0.2) is 13.7 Å². The summed E-state index contributed by atoms with van der Waals surface area (Å²) in [5, 5.41) is -1.89. The van der Waals surface area contributed by atoms with E-state index in [4.69, 9.17) is 9.60 Å². The van der Waals surface area contributed by atoms with E-state index in [1.165, 1.54) is 9.13 Å². The van der Waals surface area contributed by atoms with Crippen LogP contribution >= 0.6 is 0 Å². The van der Waals surface area contributed by atoms with Gasteiger partial charge in [0.05, 0.1) is 67.6 Å². The Balaban J connectivity index is 1.30. The number of fused-ring (bicyclic) bond motifs is 9. The number of rotatable bonds is 5. The van der Waals surface area contributed by atoms with Crippen molar-refractivity contribution in [2.45, 2.75) is 0 Å². The predicted molar refractivity (Wildman–Crippen MR) is 240 cm³/mol. The number of nitrogens with zero attached hydrogens (tertiary/aromatic N) is 3. The molecule has 0 unspecified atom stereocenters. The summed E-state index contributed by atoms with van der Waals surface area (Å²) in [4.78, 5) is 0. The van der Waals surface area contributed by atoms with Crippen molar-refractivity contribution < 1.29 is 28.8 Å². The van der Waals surface area contributed by atoms with Gasteiger partial charge < -0.3 is 13.7 Å². The quantitative estimate of drug-likeness (QED) is 0.167. The Bertz CT molecular complexity index is 4720. The van der Waals surface area contributed by atoms with E-state index in [-0.39, 0.29) is 55.0 Å². The molecule has 0 radical (unpaired) electrons. The van der Waals surface area contributed by atoms with E-state index in [1.807, 2.05) is 30.3 Å². The van der Waals surface area contributed by atoms with Gasteiger partial charge in [-0.1, -0.05) is 145 Å². The van der Waals surface area contributed by atoms with Crippen LogP contribution < -0.4 is 0 Å². The van der Waals surface area contributed by atoms with Gasteiger partial charge in [0.25, 0.3) is 0 Å². The zero-order valence-corrected chi connectivity index (χ0v) is 29.4. The zero-order valence-electron chi connectivity index (χ0n) is 50.4. The van der Waals surface area contributed by atoms with Gasteiger partial charge in [0.15, 0.2) is 0 Å². The van der Waals surface area contributed by atoms with Gasteiger partial charge in [0, 0.05) is 43.7 Å². The second-order valence-electron chi connectivity index (χ2n) is 13.3. The van der Waals surface area contributed by atoms with Gasteiger partial charge in [0.1, 0.15) is 0 Å². The number of benzene rings is 9. The summed E-state index contributed by atoms with van der Waals surface area (Å²) >= 11 is 0. The third-order valence-corrected chi connectivity index (χ3v) is 10.3. The van der Waals surface area contributed by atoms with Gasteiger partial charge in [-0.15, -0.1) is 0 Å². The molecule has 0 amide bonds. The SMILES string of the molecule is [2H]c1c([2H])c([2H])c2c(c1[2H])c1c(-c3c([2H])c([2H])c4c(c3[2H])c3c([2H])c([2H])c([2H])c([2H])c3n4-c3c([2H])c([2H])c([2H])c4c5c([2H])c([2H])c([2H])c([2H])c5n(-c5ccccc5)c34)c([2H])c([2H])c([2H])c1n2-c1ccc(-c2ccccc2)cc1. The molecule has 57 heavy (non-hydrogen) atoms. The van der Waals surface area contributed by atoms with Crippen LogP contribution in [0.2, 0.25) is 0 Å². The Morgan fingerprint density at radius 3 is 1.63 bits per heavy atom. The van der Waals surface area contributed by atoms with Crippen LogP contribution in [0.1, 0.15) is 28.8 Å².